The van der Waals surface area contributed by atoms with E-state index in [-0.39, 0.29) is 6.10 Å². The Morgan fingerprint density at radius 1 is 0.875 bits per heavy atom. The number of piperazine rings is 1. The van der Waals surface area contributed by atoms with Crippen LogP contribution < -0.4 is 0 Å². The first-order valence-electron chi connectivity index (χ1n) is 11.3. The van der Waals surface area contributed by atoms with Crippen LogP contribution in [0.4, 0.5) is 13.2 Å². The summed E-state index contributed by atoms with van der Waals surface area (Å²) in [6.07, 6.45) is -3.09. The van der Waals surface area contributed by atoms with E-state index in [0.717, 1.165) is 56.8 Å². The molecule has 2 aromatic carbocycles. The lowest BCUT2D eigenvalue weighted by atomic mass is 9.97. The highest BCUT2D eigenvalue weighted by Crippen LogP contribution is 2.36. The number of likely N-dealkylation sites (N-methyl/N-ethyl adjacent to an activating group) is 2. The van der Waals surface area contributed by atoms with E-state index in [1.54, 1.807) is 12.1 Å². The van der Waals surface area contributed by atoms with Crippen LogP contribution in [0.3, 0.4) is 0 Å². The molecular weight excluding hydrogens is 415 g/mol. The van der Waals surface area contributed by atoms with Crippen molar-refractivity contribution >= 4 is 0 Å². The van der Waals surface area contributed by atoms with Gasteiger partial charge in [0.15, 0.2) is 0 Å². The lowest BCUT2D eigenvalue weighted by molar-refractivity contribution is -0.138. The van der Waals surface area contributed by atoms with Crippen molar-refractivity contribution in [3.8, 4) is 11.1 Å². The molecule has 2 saturated heterocycles. The van der Waals surface area contributed by atoms with E-state index < -0.39 is 11.7 Å². The summed E-state index contributed by atoms with van der Waals surface area (Å²) in [7, 11) is 4.13. The second kappa shape index (κ2) is 9.91. The minimum absolute atomic E-state index is 0.252. The van der Waals surface area contributed by atoms with Crippen molar-refractivity contribution in [3.05, 3.63) is 59.2 Å². The molecule has 2 aromatic rings. The smallest absolute Gasteiger partial charge is 0.372 e. The van der Waals surface area contributed by atoms with Crippen LogP contribution in [-0.2, 0) is 24.1 Å². The molecule has 2 aliphatic heterocycles. The number of benzene rings is 2. The molecule has 0 N–H and O–H groups in total. The fraction of sp³-hybridized carbons (Fsp3) is 0.520. The maximum absolute atomic E-state index is 13.9. The van der Waals surface area contributed by atoms with Crippen molar-refractivity contribution in [3.63, 3.8) is 0 Å². The summed E-state index contributed by atoms with van der Waals surface area (Å²) >= 11 is 0. The summed E-state index contributed by atoms with van der Waals surface area (Å²) in [5.41, 5.74) is 2.21. The zero-order chi connectivity index (χ0) is 22.7. The van der Waals surface area contributed by atoms with Crippen LogP contribution in [0.1, 0.15) is 23.1 Å². The summed E-state index contributed by atoms with van der Waals surface area (Å²) < 4.78 is 47.5. The van der Waals surface area contributed by atoms with E-state index in [4.69, 9.17) is 4.74 Å². The van der Waals surface area contributed by atoms with Gasteiger partial charge in [0.25, 0.3) is 0 Å². The number of ether oxygens (including phenoxy) is 1. The second-order valence-electron chi connectivity index (χ2n) is 9.13. The Hall–Kier alpha value is -1.93. The molecule has 4 nitrogen and oxygen atoms in total. The maximum Gasteiger partial charge on any atom is 0.416 e. The van der Waals surface area contributed by atoms with E-state index in [1.165, 1.54) is 6.07 Å². The van der Waals surface area contributed by atoms with Crippen LogP contribution in [0.5, 0.6) is 0 Å². The highest BCUT2D eigenvalue weighted by Gasteiger charge is 2.34. The molecule has 0 radical (unpaired) electrons. The lowest BCUT2D eigenvalue weighted by Crippen LogP contribution is -2.44. The molecule has 0 bridgehead atoms. The Labute approximate surface area is 188 Å². The molecule has 0 aromatic heterocycles. The molecule has 0 spiro atoms. The number of hydrogen-bond donors (Lipinski definition) is 0. The quantitative estimate of drug-likeness (QED) is 0.656. The number of alkyl halides is 3. The molecule has 32 heavy (non-hydrogen) atoms. The van der Waals surface area contributed by atoms with Crippen LogP contribution in [-0.4, -0.2) is 74.2 Å². The Kier molecular flexibility index (Phi) is 7.20. The number of hydrogen-bond acceptors (Lipinski definition) is 4. The molecule has 0 unspecified atom stereocenters. The van der Waals surface area contributed by atoms with Crippen molar-refractivity contribution in [2.45, 2.75) is 31.9 Å². The summed E-state index contributed by atoms with van der Waals surface area (Å²) in [6.45, 7) is 6.19. The molecule has 0 saturated carbocycles. The van der Waals surface area contributed by atoms with Crippen molar-refractivity contribution in [1.82, 2.24) is 14.7 Å². The number of likely N-dealkylation sites (tertiary alicyclic amines) is 1. The molecule has 7 heteroatoms. The SMILES string of the molecule is CN1CCN(Cc2ccc(-c3ccc(CO[C@@H]4CCN(C)C4)cc3)cc2C(F)(F)F)CC1. The minimum Gasteiger partial charge on any atom is -0.372 e. The van der Waals surface area contributed by atoms with Crippen molar-refractivity contribution in [2.24, 2.45) is 0 Å². The molecule has 0 aliphatic carbocycles. The molecule has 0 amide bonds. The predicted octanol–water partition coefficient (Wildman–Crippen LogP) is 4.34. The summed E-state index contributed by atoms with van der Waals surface area (Å²) in [6, 6.07) is 12.4. The van der Waals surface area contributed by atoms with Gasteiger partial charge in [-0.15, -0.1) is 0 Å². The van der Waals surface area contributed by atoms with E-state index in [1.807, 2.05) is 31.3 Å². The van der Waals surface area contributed by atoms with Crippen molar-refractivity contribution in [1.29, 1.82) is 0 Å². The van der Waals surface area contributed by atoms with Crippen LogP contribution in [0.25, 0.3) is 11.1 Å². The molecule has 174 valence electrons. The Morgan fingerprint density at radius 3 is 2.19 bits per heavy atom. The third-order valence-corrected chi connectivity index (χ3v) is 6.53. The van der Waals surface area contributed by atoms with Crippen LogP contribution in [0.15, 0.2) is 42.5 Å². The average molecular weight is 448 g/mol. The molecule has 2 heterocycles. The van der Waals surface area contributed by atoms with Gasteiger partial charge in [-0.25, -0.2) is 0 Å². The van der Waals surface area contributed by atoms with Crippen LogP contribution in [0.2, 0.25) is 0 Å². The third kappa shape index (κ3) is 5.90. The normalized spacial score (nSPS) is 21.3. The van der Waals surface area contributed by atoms with Gasteiger partial charge in [0.2, 0.25) is 0 Å². The van der Waals surface area contributed by atoms with Gasteiger partial charge < -0.3 is 14.5 Å². The zero-order valence-electron chi connectivity index (χ0n) is 18.9. The summed E-state index contributed by atoms with van der Waals surface area (Å²) in [4.78, 5) is 6.55. The van der Waals surface area contributed by atoms with E-state index in [0.29, 0.717) is 24.3 Å². The number of rotatable bonds is 6. The largest absolute Gasteiger partial charge is 0.416 e. The number of halogens is 3. The summed E-state index contributed by atoms with van der Waals surface area (Å²) in [5.74, 6) is 0. The van der Waals surface area contributed by atoms with Gasteiger partial charge in [0.05, 0.1) is 18.3 Å². The predicted molar refractivity (Wildman–Crippen MR) is 120 cm³/mol. The van der Waals surface area contributed by atoms with Gasteiger partial charge in [0.1, 0.15) is 0 Å². The Morgan fingerprint density at radius 2 is 1.56 bits per heavy atom. The van der Waals surface area contributed by atoms with Crippen LogP contribution in [0, 0.1) is 0 Å². The van der Waals surface area contributed by atoms with Crippen molar-refractivity contribution < 1.29 is 17.9 Å². The highest BCUT2D eigenvalue weighted by molar-refractivity contribution is 5.65. The molecular formula is C25H32F3N3O. The third-order valence-electron chi connectivity index (χ3n) is 6.53. The zero-order valence-corrected chi connectivity index (χ0v) is 18.9. The first-order valence-corrected chi connectivity index (χ1v) is 11.3. The van der Waals surface area contributed by atoms with Gasteiger partial charge in [-0.1, -0.05) is 36.4 Å². The molecule has 2 aliphatic rings. The first kappa shape index (κ1) is 23.2. The van der Waals surface area contributed by atoms with Gasteiger partial charge >= 0.3 is 6.18 Å². The topological polar surface area (TPSA) is 19.0 Å². The van der Waals surface area contributed by atoms with Gasteiger partial charge in [-0.2, -0.15) is 13.2 Å². The number of nitrogens with zero attached hydrogens (tertiary/aromatic N) is 3. The van der Waals surface area contributed by atoms with Gasteiger partial charge in [0, 0.05) is 45.8 Å². The van der Waals surface area contributed by atoms with E-state index >= 15 is 0 Å². The summed E-state index contributed by atoms with van der Waals surface area (Å²) in [5, 5.41) is 0. The van der Waals surface area contributed by atoms with Crippen LogP contribution >= 0.6 is 0 Å². The fourth-order valence-corrected chi connectivity index (χ4v) is 4.44. The Balaban J connectivity index is 1.45. The monoisotopic (exact) mass is 447 g/mol. The van der Waals surface area contributed by atoms with Crippen molar-refractivity contribution in [2.75, 3.05) is 53.4 Å². The maximum atomic E-state index is 13.9. The highest BCUT2D eigenvalue weighted by atomic mass is 19.4. The molecule has 4 rings (SSSR count). The van der Waals surface area contributed by atoms with E-state index in [9.17, 15) is 13.2 Å². The van der Waals surface area contributed by atoms with E-state index in [2.05, 4.69) is 21.7 Å². The van der Waals surface area contributed by atoms with Gasteiger partial charge in [-0.05, 0) is 48.8 Å². The second-order valence-corrected chi connectivity index (χ2v) is 9.13. The first-order chi connectivity index (χ1) is 15.3. The fourth-order valence-electron chi connectivity index (χ4n) is 4.44. The standard InChI is InChI=1S/C25H32F3N3O/c1-29-11-13-31(14-12-29)16-22-8-7-21(15-24(22)25(26,27)28)20-5-3-19(4-6-20)18-32-23-9-10-30(2)17-23/h3-8,15,23H,9-14,16-18H2,1-2H3/t23-/m1/s1. The van der Waals surface area contributed by atoms with Gasteiger partial charge in [-0.3, -0.25) is 4.90 Å². The molecule has 1 atom stereocenters. The lowest BCUT2D eigenvalue weighted by Gasteiger charge is -2.33. The average Bonchev–Trinajstić information content (AvgIpc) is 3.19. The molecule has 2 fully saturated rings. The minimum atomic E-state index is -4.37. The Bertz CT molecular complexity index is 892.